The number of carbonyl (C=O) groups is 1. The van der Waals surface area contributed by atoms with E-state index in [0.717, 1.165) is 40.9 Å². The van der Waals surface area contributed by atoms with Gasteiger partial charge in [0.05, 0.1) is 34.0 Å². The summed E-state index contributed by atoms with van der Waals surface area (Å²) in [6.45, 7) is 8.20. The summed E-state index contributed by atoms with van der Waals surface area (Å²) < 4.78 is 13.1. The topological polar surface area (TPSA) is 84.2 Å². The molecule has 156 valence electrons. The van der Waals surface area contributed by atoms with Crippen LogP contribution in [0.4, 0.5) is 0 Å². The fraction of sp³-hybridized carbons (Fsp3) is 0.591. The Bertz CT molecular complexity index is 895. The number of rotatable bonds is 7. The number of ether oxygens (including phenoxy) is 2. The minimum absolute atomic E-state index is 0.0153. The SMILES string of the molecule is CC(=O)N[C@@H](C)COC1CCC(Oc2ccc3nc(C(C)C)sc3c2C#N)CC1. The standard InChI is InChI=1S/C22H29N3O3S/c1-13(2)22-25-19-9-10-20(18(11-23)21(19)29-22)28-17-7-5-16(6-8-17)27-12-14(3)24-15(4)26/h9-10,13-14,16-17H,5-8,12H2,1-4H3,(H,24,26)/t14-,16?,17?/m0/s1. The van der Waals surface area contributed by atoms with Crippen molar-refractivity contribution in [2.45, 2.75) is 77.5 Å². The zero-order chi connectivity index (χ0) is 21.0. The van der Waals surface area contributed by atoms with Gasteiger partial charge in [-0.2, -0.15) is 5.26 Å². The van der Waals surface area contributed by atoms with Gasteiger partial charge in [-0.05, 0) is 44.7 Å². The predicted molar refractivity (Wildman–Crippen MR) is 114 cm³/mol. The molecule has 0 aliphatic heterocycles. The van der Waals surface area contributed by atoms with Gasteiger partial charge < -0.3 is 14.8 Å². The molecule has 0 unspecified atom stereocenters. The molecule has 0 saturated heterocycles. The van der Waals surface area contributed by atoms with Crippen molar-refractivity contribution < 1.29 is 14.3 Å². The largest absolute Gasteiger partial charge is 0.489 e. The molecule has 1 atom stereocenters. The fourth-order valence-electron chi connectivity index (χ4n) is 3.61. The van der Waals surface area contributed by atoms with E-state index in [1.165, 1.54) is 6.92 Å². The summed E-state index contributed by atoms with van der Waals surface area (Å²) in [6.07, 6.45) is 3.90. The van der Waals surface area contributed by atoms with Gasteiger partial charge in [-0.15, -0.1) is 11.3 Å². The van der Waals surface area contributed by atoms with E-state index in [-0.39, 0.29) is 24.2 Å². The lowest BCUT2D eigenvalue weighted by atomic mass is 9.94. The van der Waals surface area contributed by atoms with Gasteiger partial charge in [0.2, 0.25) is 5.91 Å². The number of fused-ring (bicyclic) bond motifs is 1. The smallest absolute Gasteiger partial charge is 0.217 e. The monoisotopic (exact) mass is 415 g/mol. The van der Waals surface area contributed by atoms with E-state index >= 15 is 0 Å². The molecule has 1 aromatic carbocycles. The van der Waals surface area contributed by atoms with E-state index in [2.05, 4.69) is 30.2 Å². The molecular weight excluding hydrogens is 386 g/mol. The molecule has 1 N–H and O–H groups in total. The van der Waals surface area contributed by atoms with Crippen LogP contribution in [0.25, 0.3) is 10.2 Å². The first-order valence-corrected chi connectivity index (χ1v) is 11.1. The number of aromatic nitrogens is 1. The van der Waals surface area contributed by atoms with E-state index < -0.39 is 0 Å². The number of nitrogens with zero attached hydrogens (tertiary/aromatic N) is 2. The summed E-state index contributed by atoms with van der Waals surface area (Å²) in [5.74, 6) is 0.958. The third-order valence-corrected chi connectivity index (χ3v) is 6.48. The number of hydrogen-bond acceptors (Lipinski definition) is 6. The first kappa shape index (κ1) is 21.5. The van der Waals surface area contributed by atoms with Crippen molar-refractivity contribution in [1.82, 2.24) is 10.3 Å². The van der Waals surface area contributed by atoms with Crippen LogP contribution in [0.5, 0.6) is 5.75 Å². The highest BCUT2D eigenvalue weighted by molar-refractivity contribution is 7.18. The molecule has 1 heterocycles. The van der Waals surface area contributed by atoms with E-state index in [4.69, 9.17) is 9.47 Å². The highest BCUT2D eigenvalue weighted by atomic mass is 32.1. The van der Waals surface area contributed by atoms with Crippen molar-refractivity contribution in [3.05, 3.63) is 22.7 Å². The quantitative estimate of drug-likeness (QED) is 0.718. The molecule has 1 saturated carbocycles. The predicted octanol–water partition coefficient (Wildman–Crippen LogP) is 4.52. The average molecular weight is 416 g/mol. The maximum Gasteiger partial charge on any atom is 0.217 e. The van der Waals surface area contributed by atoms with Gasteiger partial charge in [0, 0.05) is 18.9 Å². The Balaban J connectivity index is 1.58. The summed E-state index contributed by atoms with van der Waals surface area (Å²) in [7, 11) is 0. The van der Waals surface area contributed by atoms with Crippen LogP contribution in [-0.4, -0.2) is 35.7 Å². The van der Waals surface area contributed by atoms with Crippen molar-refractivity contribution in [2.75, 3.05) is 6.61 Å². The van der Waals surface area contributed by atoms with Crippen LogP contribution in [0.2, 0.25) is 0 Å². The Hall–Kier alpha value is -2.17. The van der Waals surface area contributed by atoms with Gasteiger partial charge in [-0.1, -0.05) is 13.8 Å². The van der Waals surface area contributed by atoms with Gasteiger partial charge in [0.1, 0.15) is 17.4 Å². The van der Waals surface area contributed by atoms with Crippen molar-refractivity contribution in [2.24, 2.45) is 0 Å². The number of nitriles is 1. The van der Waals surface area contributed by atoms with Crippen molar-refractivity contribution in [3.63, 3.8) is 0 Å². The second kappa shape index (κ2) is 9.55. The van der Waals surface area contributed by atoms with Gasteiger partial charge in [0.15, 0.2) is 0 Å². The van der Waals surface area contributed by atoms with E-state index in [0.29, 0.717) is 23.8 Å². The number of thiazole rings is 1. The van der Waals surface area contributed by atoms with Crippen LogP contribution in [-0.2, 0) is 9.53 Å². The van der Waals surface area contributed by atoms with E-state index in [1.807, 2.05) is 19.1 Å². The van der Waals surface area contributed by atoms with Crippen LogP contribution in [0, 0.1) is 11.3 Å². The molecular formula is C22H29N3O3S. The maximum atomic E-state index is 11.1. The Morgan fingerprint density at radius 1 is 1.28 bits per heavy atom. The molecule has 0 bridgehead atoms. The molecule has 6 nitrogen and oxygen atoms in total. The lowest BCUT2D eigenvalue weighted by molar-refractivity contribution is -0.120. The maximum absolute atomic E-state index is 11.1. The Kier molecular flexibility index (Phi) is 7.09. The van der Waals surface area contributed by atoms with E-state index in [9.17, 15) is 10.1 Å². The number of carbonyl (C=O) groups excluding carboxylic acids is 1. The highest BCUT2D eigenvalue weighted by Gasteiger charge is 2.25. The summed E-state index contributed by atoms with van der Waals surface area (Å²) in [5, 5.41) is 13.6. The summed E-state index contributed by atoms with van der Waals surface area (Å²) >= 11 is 1.58. The van der Waals surface area contributed by atoms with Crippen LogP contribution < -0.4 is 10.1 Å². The molecule has 1 fully saturated rings. The first-order valence-electron chi connectivity index (χ1n) is 10.3. The van der Waals surface area contributed by atoms with Gasteiger partial charge in [-0.3, -0.25) is 4.79 Å². The zero-order valence-corrected chi connectivity index (χ0v) is 18.3. The lowest BCUT2D eigenvalue weighted by Gasteiger charge is -2.30. The molecule has 1 aromatic heterocycles. The molecule has 29 heavy (non-hydrogen) atoms. The van der Waals surface area contributed by atoms with Gasteiger partial charge >= 0.3 is 0 Å². The third-order valence-electron chi connectivity index (χ3n) is 5.09. The summed E-state index contributed by atoms with van der Waals surface area (Å²) in [5.41, 5.74) is 1.46. The van der Waals surface area contributed by atoms with Crippen LogP contribution in [0.3, 0.4) is 0 Å². The normalized spacial score (nSPS) is 20.4. The zero-order valence-electron chi connectivity index (χ0n) is 17.5. The number of hydrogen-bond donors (Lipinski definition) is 1. The molecule has 2 aromatic rings. The number of amides is 1. The third kappa shape index (κ3) is 5.46. The molecule has 3 rings (SSSR count). The molecule has 0 radical (unpaired) electrons. The van der Waals surface area contributed by atoms with Crippen LogP contribution >= 0.6 is 11.3 Å². The van der Waals surface area contributed by atoms with Crippen LogP contribution in [0.1, 0.15) is 69.9 Å². The Labute approximate surface area is 176 Å². The second-order valence-corrected chi connectivity index (χ2v) is 9.09. The minimum Gasteiger partial charge on any atom is -0.489 e. The molecule has 1 amide bonds. The molecule has 1 aliphatic carbocycles. The molecule has 0 spiro atoms. The highest BCUT2D eigenvalue weighted by Crippen LogP contribution is 2.36. The number of nitrogens with one attached hydrogen (secondary N) is 1. The second-order valence-electron chi connectivity index (χ2n) is 8.06. The van der Waals surface area contributed by atoms with Crippen molar-refractivity contribution in [1.29, 1.82) is 5.26 Å². The fourth-order valence-corrected chi connectivity index (χ4v) is 4.66. The minimum atomic E-state index is -0.0371. The summed E-state index contributed by atoms with van der Waals surface area (Å²) in [4.78, 5) is 15.7. The van der Waals surface area contributed by atoms with Crippen LogP contribution in [0.15, 0.2) is 12.1 Å². The Morgan fingerprint density at radius 3 is 2.59 bits per heavy atom. The average Bonchev–Trinajstić information content (AvgIpc) is 3.11. The molecule has 1 aliphatic rings. The van der Waals surface area contributed by atoms with Gasteiger partial charge in [0.25, 0.3) is 0 Å². The van der Waals surface area contributed by atoms with Crippen molar-refractivity contribution in [3.8, 4) is 11.8 Å². The Morgan fingerprint density at radius 2 is 1.97 bits per heavy atom. The summed E-state index contributed by atoms with van der Waals surface area (Å²) in [6, 6.07) is 6.17. The molecule has 7 heteroatoms. The van der Waals surface area contributed by atoms with Crippen molar-refractivity contribution >= 4 is 27.5 Å². The first-order chi connectivity index (χ1) is 13.9. The number of benzene rings is 1. The van der Waals surface area contributed by atoms with Gasteiger partial charge in [-0.25, -0.2) is 4.98 Å². The lowest BCUT2D eigenvalue weighted by Crippen LogP contribution is -2.36. The van der Waals surface area contributed by atoms with E-state index in [1.54, 1.807) is 11.3 Å².